The van der Waals surface area contributed by atoms with Crippen molar-refractivity contribution in [3.8, 4) is 0 Å². The van der Waals surface area contributed by atoms with E-state index in [1.165, 1.54) is 0 Å². The van der Waals surface area contributed by atoms with Gasteiger partial charge in [0.2, 0.25) is 0 Å². The third-order valence-corrected chi connectivity index (χ3v) is 1.93. The van der Waals surface area contributed by atoms with Crippen LogP contribution in [0.3, 0.4) is 0 Å². The van der Waals surface area contributed by atoms with E-state index < -0.39 is 6.17 Å². The first-order chi connectivity index (χ1) is 3.31. The first-order valence-corrected chi connectivity index (χ1v) is 4.36. The highest BCUT2D eigenvalue weighted by Crippen LogP contribution is 2.02. The summed E-state index contributed by atoms with van der Waals surface area (Å²) in [5, 5.41) is 0. The fraction of sp³-hybridized carbons (Fsp3) is 1.00. The minimum Gasteiger partial charge on any atom is -0.248 e. The Balaban J connectivity index is 2.83. The Labute approximate surface area is 47.5 Å². The highest BCUT2D eigenvalue weighted by molar-refractivity contribution is 6.08. The zero-order valence-electron chi connectivity index (χ0n) is 5.08. The number of hydrogen-bond donors (Lipinski definition) is 0. The van der Waals surface area contributed by atoms with E-state index in [2.05, 4.69) is 0 Å². The van der Waals surface area contributed by atoms with Gasteiger partial charge in [-0.25, -0.2) is 4.39 Å². The Hall–Kier alpha value is 0.147. The first kappa shape index (κ1) is 7.15. The summed E-state index contributed by atoms with van der Waals surface area (Å²) in [4.78, 5) is 0. The third-order valence-electron chi connectivity index (χ3n) is 1.04. The van der Waals surface area contributed by atoms with Gasteiger partial charge in [-0.15, -0.1) is 0 Å². The zero-order chi connectivity index (χ0) is 5.70. The van der Waals surface area contributed by atoms with Gasteiger partial charge in [0.05, 0.1) is 6.17 Å². The lowest BCUT2D eigenvalue weighted by atomic mass is 10.2. The van der Waals surface area contributed by atoms with Crippen LogP contribution in [0.15, 0.2) is 0 Å². The van der Waals surface area contributed by atoms with Gasteiger partial charge in [0.1, 0.15) is 0 Å². The normalized spacial score (nSPS) is 14.6. The average molecular weight is 120 g/mol. The van der Waals surface area contributed by atoms with Crippen LogP contribution in [0.25, 0.3) is 0 Å². The largest absolute Gasteiger partial charge is 0.248 e. The van der Waals surface area contributed by atoms with Crippen molar-refractivity contribution in [2.45, 2.75) is 32.0 Å². The van der Waals surface area contributed by atoms with Gasteiger partial charge in [-0.1, -0.05) is 13.3 Å². The molecule has 2 heteroatoms. The zero-order valence-corrected chi connectivity index (χ0v) is 7.08. The van der Waals surface area contributed by atoms with Gasteiger partial charge in [-0.3, -0.25) is 0 Å². The topological polar surface area (TPSA) is 0 Å². The molecule has 1 atom stereocenters. The molecule has 0 aromatic carbocycles. The van der Waals surface area contributed by atoms with Gasteiger partial charge < -0.3 is 0 Å². The Morgan fingerprint density at radius 1 is 1.71 bits per heavy atom. The lowest BCUT2D eigenvalue weighted by Gasteiger charge is -1.98. The number of hydrogen-bond acceptors (Lipinski definition) is 0. The van der Waals surface area contributed by atoms with E-state index in [1.54, 1.807) is 0 Å². The molecule has 0 fully saturated rings. The van der Waals surface area contributed by atoms with E-state index in [1.807, 2.05) is 6.92 Å². The molecule has 44 valence electrons. The lowest BCUT2D eigenvalue weighted by molar-refractivity contribution is 0.339. The molecule has 0 saturated carbocycles. The molecular formula is C5H13FSi. The van der Waals surface area contributed by atoms with E-state index in [4.69, 9.17) is 0 Å². The molecule has 0 aromatic heterocycles. The van der Waals surface area contributed by atoms with Crippen LogP contribution in [0.2, 0.25) is 6.04 Å². The van der Waals surface area contributed by atoms with Crippen molar-refractivity contribution in [1.29, 1.82) is 0 Å². The molecule has 0 nitrogen and oxygen atoms in total. The Bertz CT molecular complexity index is 39.1. The van der Waals surface area contributed by atoms with Crippen molar-refractivity contribution in [2.75, 3.05) is 0 Å². The Morgan fingerprint density at radius 2 is 2.29 bits per heavy atom. The van der Waals surface area contributed by atoms with Crippen molar-refractivity contribution >= 4 is 10.2 Å². The van der Waals surface area contributed by atoms with Crippen molar-refractivity contribution in [3.63, 3.8) is 0 Å². The van der Waals surface area contributed by atoms with E-state index in [0.717, 1.165) is 29.1 Å². The lowest BCUT2D eigenvalue weighted by Crippen LogP contribution is -1.95. The second kappa shape index (κ2) is 4.31. The van der Waals surface area contributed by atoms with Crippen molar-refractivity contribution in [1.82, 2.24) is 0 Å². The van der Waals surface area contributed by atoms with Crippen LogP contribution in [0.5, 0.6) is 0 Å². The molecule has 0 N–H and O–H groups in total. The Kier molecular flexibility index (Phi) is 4.40. The fourth-order valence-electron chi connectivity index (χ4n) is 0.517. The molecule has 0 aliphatic heterocycles. The first-order valence-electron chi connectivity index (χ1n) is 2.95. The van der Waals surface area contributed by atoms with Crippen LogP contribution in [-0.4, -0.2) is 16.4 Å². The van der Waals surface area contributed by atoms with Crippen LogP contribution in [-0.2, 0) is 0 Å². The number of halogens is 1. The fourth-order valence-corrected chi connectivity index (χ4v) is 0.926. The van der Waals surface area contributed by atoms with Gasteiger partial charge in [0.15, 0.2) is 0 Å². The van der Waals surface area contributed by atoms with Crippen molar-refractivity contribution in [2.24, 2.45) is 0 Å². The van der Waals surface area contributed by atoms with Gasteiger partial charge in [-0.2, -0.15) is 0 Å². The van der Waals surface area contributed by atoms with Crippen molar-refractivity contribution < 1.29 is 4.39 Å². The SMILES string of the molecule is CCCC(F)C[SiH3]. The molecule has 0 spiro atoms. The molecule has 0 aliphatic carbocycles. The monoisotopic (exact) mass is 120 g/mol. The summed E-state index contributed by atoms with van der Waals surface area (Å²) in [6.45, 7) is 2.02. The highest BCUT2D eigenvalue weighted by atomic mass is 28.1. The quantitative estimate of drug-likeness (QED) is 0.486. The molecule has 0 saturated heterocycles. The molecule has 1 unspecified atom stereocenters. The molecule has 0 heterocycles. The molecule has 0 bridgehead atoms. The molecule has 0 rings (SSSR count). The van der Waals surface area contributed by atoms with E-state index in [0.29, 0.717) is 0 Å². The smallest absolute Gasteiger partial charge is 0.0970 e. The summed E-state index contributed by atoms with van der Waals surface area (Å²) in [5.74, 6) is 0. The highest BCUT2D eigenvalue weighted by Gasteiger charge is 1.97. The van der Waals surface area contributed by atoms with E-state index in [-0.39, 0.29) is 0 Å². The molecule has 0 radical (unpaired) electrons. The van der Waals surface area contributed by atoms with E-state index in [9.17, 15) is 4.39 Å². The molecular weight excluding hydrogens is 107 g/mol. The molecule has 0 aromatic rings. The van der Waals surface area contributed by atoms with E-state index >= 15 is 0 Å². The summed E-state index contributed by atoms with van der Waals surface area (Å²) in [7, 11) is 1.01. The Morgan fingerprint density at radius 3 is 2.43 bits per heavy atom. The summed E-state index contributed by atoms with van der Waals surface area (Å²) in [6.07, 6.45) is 1.27. The summed E-state index contributed by atoms with van der Waals surface area (Å²) >= 11 is 0. The predicted molar refractivity (Wildman–Crippen MR) is 34.5 cm³/mol. The van der Waals surface area contributed by atoms with Crippen LogP contribution in [0.4, 0.5) is 4.39 Å². The summed E-state index contributed by atoms with van der Waals surface area (Å²) in [6, 6.07) is 0.813. The van der Waals surface area contributed by atoms with Gasteiger partial charge in [-0.05, 0) is 12.5 Å². The van der Waals surface area contributed by atoms with Crippen LogP contribution in [0.1, 0.15) is 19.8 Å². The average Bonchev–Trinajstić information content (AvgIpc) is 1.68. The predicted octanol–water partition coefficient (Wildman–Crippen LogP) is 0.908. The number of alkyl halides is 1. The third kappa shape index (κ3) is 3.99. The summed E-state index contributed by atoms with van der Waals surface area (Å²) in [5.41, 5.74) is 0. The van der Waals surface area contributed by atoms with Crippen LogP contribution < -0.4 is 0 Å². The minimum atomic E-state index is -0.489. The number of rotatable bonds is 3. The summed E-state index contributed by atoms with van der Waals surface area (Å²) < 4.78 is 12.2. The molecule has 0 aliphatic rings. The maximum atomic E-state index is 12.2. The standard InChI is InChI=1S/C5H13FSi/c1-2-3-5(6)4-7/h5H,2-4H2,1,7H3. The maximum Gasteiger partial charge on any atom is 0.0970 e. The maximum absolute atomic E-state index is 12.2. The second-order valence-corrected chi connectivity index (χ2v) is 2.61. The van der Waals surface area contributed by atoms with Gasteiger partial charge in [0.25, 0.3) is 0 Å². The second-order valence-electron chi connectivity index (χ2n) is 1.79. The van der Waals surface area contributed by atoms with Crippen molar-refractivity contribution in [3.05, 3.63) is 0 Å². The van der Waals surface area contributed by atoms with Crippen LogP contribution >= 0.6 is 0 Å². The van der Waals surface area contributed by atoms with Gasteiger partial charge >= 0.3 is 0 Å². The minimum absolute atomic E-state index is 0.489. The van der Waals surface area contributed by atoms with Crippen LogP contribution in [0, 0.1) is 0 Å². The molecule has 0 amide bonds. The molecule has 7 heavy (non-hydrogen) atoms. The van der Waals surface area contributed by atoms with Gasteiger partial charge in [0, 0.05) is 10.2 Å².